The van der Waals surface area contributed by atoms with Crippen LogP contribution in [0.5, 0.6) is 0 Å². The number of aromatic nitrogens is 2. The lowest BCUT2D eigenvalue weighted by Gasteiger charge is -2.18. The van der Waals surface area contributed by atoms with Gasteiger partial charge in [0.25, 0.3) is 5.91 Å². The first kappa shape index (κ1) is 20.0. The Balaban J connectivity index is 1.34. The number of nitrogens with one attached hydrogen (secondary N) is 1. The molecule has 0 aliphatic heterocycles. The number of carbonyl (C=O) groups excluding carboxylic acids is 2. The molecule has 6 nitrogen and oxygen atoms in total. The first-order chi connectivity index (χ1) is 14.5. The summed E-state index contributed by atoms with van der Waals surface area (Å²) < 4.78 is 0. The van der Waals surface area contributed by atoms with Gasteiger partial charge in [0, 0.05) is 15.1 Å². The van der Waals surface area contributed by atoms with Crippen LogP contribution in [-0.4, -0.2) is 27.5 Å². The smallest absolute Gasteiger partial charge is 0.251 e. The number of primary amides is 1. The minimum absolute atomic E-state index is 0.146. The van der Waals surface area contributed by atoms with Crippen molar-refractivity contribution >= 4 is 61.5 Å². The summed E-state index contributed by atoms with van der Waals surface area (Å²) in [7, 11) is 0. The number of aryl methyl sites for hydroxylation is 2. The van der Waals surface area contributed by atoms with Gasteiger partial charge in [-0.3, -0.25) is 9.59 Å². The monoisotopic (exact) mass is 458 g/mol. The molecule has 1 atom stereocenters. The molecule has 3 aromatic rings. The van der Waals surface area contributed by atoms with Gasteiger partial charge in [-0.1, -0.05) is 18.7 Å². The van der Waals surface area contributed by atoms with Crippen molar-refractivity contribution in [3.63, 3.8) is 0 Å². The molecule has 0 saturated carbocycles. The Morgan fingerprint density at radius 2 is 2.07 bits per heavy atom. The molecular weight excluding hydrogens is 436 g/mol. The molecule has 0 spiro atoms. The van der Waals surface area contributed by atoms with Crippen molar-refractivity contribution in [3.05, 3.63) is 32.8 Å². The Morgan fingerprint density at radius 1 is 1.20 bits per heavy atom. The van der Waals surface area contributed by atoms with E-state index < -0.39 is 5.91 Å². The minimum Gasteiger partial charge on any atom is -0.365 e. The summed E-state index contributed by atoms with van der Waals surface area (Å²) in [5.74, 6) is 0.209. The maximum atomic E-state index is 12.7. The van der Waals surface area contributed by atoms with Gasteiger partial charge in [-0.05, 0) is 55.6 Å². The molecule has 3 heterocycles. The van der Waals surface area contributed by atoms with Crippen LogP contribution in [0.2, 0.25) is 0 Å². The molecule has 0 saturated heterocycles. The van der Waals surface area contributed by atoms with E-state index in [4.69, 9.17) is 5.73 Å². The van der Waals surface area contributed by atoms with Crippen molar-refractivity contribution in [1.29, 1.82) is 0 Å². The minimum atomic E-state index is -0.462. The highest BCUT2D eigenvalue weighted by Crippen LogP contribution is 2.41. The fourth-order valence-corrected chi connectivity index (χ4v) is 7.96. The van der Waals surface area contributed by atoms with Crippen LogP contribution in [0.25, 0.3) is 10.2 Å². The number of carbonyl (C=O) groups is 2. The first-order valence-corrected chi connectivity index (χ1v) is 12.8. The second-order valence-corrected chi connectivity index (χ2v) is 11.1. The molecule has 5 rings (SSSR count). The van der Waals surface area contributed by atoms with Gasteiger partial charge < -0.3 is 11.1 Å². The number of thioether (sulfide) groups is 1. The van der Waals surface area contributed by atoms with Crippen molar-refractivity contribution in [2.75, 3.05) is 11.1 Å². The summed E-state index contributed by atoms with van der Waals surface area (Å²) in [5, 5.41) is 5.52. The van der Waals surface area contributed by atoms with Crippen molar-refractivity contribution in [2.45, 2.75) is 50.5 Å². The molecule has 3 aromatic heterocycles. The first-order valence-electron chi connectivity index (χ1n) is 10.1. The van der Waals surface area contributed by atoms with Gasteiger partial charge in [-0.2, -0.15) is 0 Å². The van der Waals surface area contributed by atoms with Gasteiger partial charge in [-0.25, -0.2) is 9.97 Å². The fraction of sp³-hybridized carbons (Fsp3) is 0.429. The third-order valence-electron chi connectivity index (χ3n) is 5.82. The van der Waals surface area contributed by atoms with Crippen LogP contribution in [-0.2, 0) is 30.5 Å². The Kier molecular flexibility index (Phi) is 5.28. The van der Waals surface area contributed by atoms with Gasteiger partial charge in [-0.15, -0.1) is 22.7 Å². The number of nitrogens with two attached hydrogens (primary N) is 1. The number of rotatable bonds is 5. The van der Waals surface area contributed by atoms with Crippen molar-refractivity contribution in [2.24, 2.45) is 11.7 Å². The lowest BCUT2D eigenvalue weighted by atomic mass is 9.88. The molecule has 0 aromatic carbocycles. The molecule has 0 radical (unpaired) electrons. The topological polar surface area (TPSA) is 98.0 Å². The lowest BCUT2D eigenvalue weighted by molar-refractivity contribution is -0.113. The number of nitrogens with zero attached hydrogens (tertiary/aromatic N) is 2. The Morgan fingerprint density at radius 3 is 2.90 bits per heavy atom. The number of amides is 2. The molecule has 156 valence electrons. The zero-order valence-corrected chi connectivity index (χ0v) is 19.1. The van der Waals surface area contributed by atoms with Crippen LogP contribution >= 0.6 is 34.4 Å². The zero-order chi connectivity index (χ0) is 20.8. The number of hydrogen-bond acceptors (Lipinski definition) is 7. The van der Waals surface area contributed by atoms with Crippen LogP contribution in [0.3, 0.4) is 0 Å². The molecule has 0 fully saturated rings. The van der Waals surface area contributed by atoms with E-state index in [1.165, 1.54) is 44.8 Å². The largest absolute Gasteiger partial charge is 0.365 e. The maximum Gasteiger partial charge on any atom is 0.251 e. The third kappa shape index (κ3) is 3.52. The van der Waals surface area contributed by atoms with E-state index in [1.54, 1.807) is 17.7 Å². The van der Waals surface area contributed by atoms with E-state index in [1.807, 2.05) is 0 Å². The molecule has 2 aliphatic rings. The summed E-state index contributed by atoms with van der Waals surface area (Å²) in [4.78, 5) is 37.3. The van der Waals surface area contributed by atoms with Crippen molar-refractivity contribution in [3.8, 4) is 0 Å². The molecule has 0 unspecified atom stereocenters. The molecule has 30 heavy (non-hydrogen) atoms. The summed E-state index contributed by atoms with van der Waals surface area (Å²) in [6.45, 7) is 2.21. The van der Waals surface area contributed by atoms with Crippen LogP contribution in [0, 0.1) is 5.92 Å². The van der Waals surface area contributed by atoms with E-state index >= 15 is 0 Å². The molecule has 0 bridgehead atoms. The second kappa shape index (κ2) is 7.94. The highest BCUT2D eigenvalue weighted by molar-refractivity contribution is 8.00. The van der Waals surface area contributed by atoms with Gasteiger partial charge >= 0.3 is 0 Å². The zero-order valence-electron chi connectivity index (χ0n) is 16.6. The quantitative estimate of drug-likeness (QED) is 0.441. The summed E-state index contributed by atoms with van der Waals surface area (Å²) in [6.07, 6.45) is 7.75. The van der Waals surface area contributed by atoms with Crippen molar-refractivity contribution in [1.82, 2.24) is 9.97 Å². The van der Waals surface area contributed by atoms with Gasteiger partial charge in [0.1, 0.15) is 21.2 Å². The normalized spacial score (nSPS) is 17.7. The Hall–Kier alpha value is -1.97. The predicted molar refractivity (Wildman–Crippen MR) is 123 cm³/mol. The van der Waals surface area contributed by atoms with E-state index in [9.17, 15) is 9.59 Å². The predicted octanol–water partition coefficient (Wildman–Crippen LogP) is 4.20. The van der Waals surface area contributed by atoms with E-state index in [0.29, 0.717) is 16.5 Å². The van der Waals surface area contributed by atoms with Crippen LogP contribution in [0.1, 0.15) is 51.0 Å². The standard InChI is InChI=1S/C21H22N4O2S3/c1-10-5-6-12-14(7-10)30-21(16(12)18(22)27)25-15(26)8-28-19-17-11-3-2-4-13(11)29-20(17)24-9-23-19/h9-10H,2-8H2,1H3,(H2,22,27)(H,25,26)/t10-/m0/s1. The summed E-state index contributed by atoms with van der Waals surface area (Å²) in [6, 6.07) is 0. The molecular formula is C21H22N4O2S3. The maximum absolute atomic E-state index is 12.7. The fourth-order valence-electron chi connectivity index (χ4n) is 4.41. The van der Waals surface area contributed by atoms with Crippen molar-refractivity contribution < 1.29 is 9.59 Å². The van der Waals surface area contributed by atoms with Gasteiger partial charge in [0.05, 0.1) is 11.3 Å². The Labute approximate surface area is 186 Å². The molecule has 2 amide bonds. The molecule has 3 N–H and O–H groups in total. The number of hydrogen-bond donors (Lipinski definition) is 2. The SMILES string of the molecule is C[C@H]1CCc2c(sc(NC(=O)CSc3ncnc4sc5c(c34)CCC5)c2C(N)=O)C1. The van der Waals surface area contributed by atoms with Crippen LogP contribution in [0.4, 0.5) is 5.00 Å². The highest BCUT2D eigenvalue weighted by atomic mass is 32.2. The average molecular weight is 459 g/mol. The number of thiophene rings is 2. The Bertz CT molecular complexity index is 1170. The number of anilines is 1. The van der Waals surface area contributed by atoms with E-state index in [2.05, 4.69) is 22.2 Å². The van der Waals surface area contributed by atoms with Crippen LogP contribution < -0.4 is 11.1 Å². The number of fused-ring (bicyclic) bond motifs is 4. The summed E-state index contributed by atoms with van der Waals surface area (Å²) >= 11 is 4.67. The van der Waals surface area contributed by atoms with E-state index in [-0.39, 0.29) is 11.7 Å². The van der Waals surface area contributed by atoms with Crippen LogP contribution in [0.15, 0.2) is 11.4 Å². The lowest BCUT2D eigenvalue weighted by Crippen LogP contribution is -2.20. The average Bonchev–Trinajstić information content (AvgIpc) is 3.38. The molecule has 9 heteroatoms. The highest BCUT2D eigenvalue weighted by Gasteiger charge is 2.27. The second-order valence-electron chi connectivity index (χ2n) is 7.97. The third-order valence-corrected chi connectivity index (χ3v) is 9.18. The van der Waals surface area contributed by atoms with Gasteiger partial charge in [0.15, 0.2) is 0 Å². The van der Waals surface area contributed by atoms with E-state index in [0.717, 1.165) is 52.9 Å². The molecule has 2 aliphatic carbocycles. The van der Waals surface area contributed by atoms with Gasteiger partial charge in [0.2, 0.25) is 5.91 Å². The summed E-state index contributed by atoms with van der Waals surface area (Å²) in [5.41, 5.74) is 8.54.